The number of thiazole rings is 1. The van der Waals surface area contributed by atoms with Crippen LogP contribution in [0.4, 0.5) is 5.69 Å². The van der Waals surface area contributed by atoms with Gasteiger partial charge in [0.1, 0.15) is 28.4 Å². The minimum absolute atomic E-state index is 0.00382. The van der Waals surface area contributed by atoms with Gasteiger partial charge in [0.05, 0.1) is 4.92 Å². The summed E-state index contributed by atoms with van der Waals surface area (Å²) in [7, 11) is 0. The van der Waals surface area contributed by atoms with Crippen LogP contribution < -0.4 is 14.8 Å². The number of hydrogen-bond donors (Lipinski definition) is 0. The molecule has 0 amide bonds. The molecule has 3 heterocycles. The molecule has 0 radical (unpaired) electrons. The summed E-state index contributed by atoms with van der Waals surface area (Å²) >= 11 is 4.57. The molecular formula is C22H13BrN4O5S. The van der Waals surface area contributed by atoms with Gasteiger partial charge in [-0.15, -0.1) is 5.10 Å². The molecule has 11 heteroatoms. The van der Waals surface area contributed by atoms with Gasteiger partial charge < -0.3 is 9.15 Å². The molecule has 5 rings (SSSR count). The summed E-state index contributed by atoms with van der Waals surface area (Å²) in [5.74, 6) is 2.10. The number of hydrogen-bond acceptors (Lipinski definition) is 8. The number of nitrogens with zero attached hydrogens (tertiary/aromatic N) is 4. The molecule has 164 valence electrons. The van der Waals surface area contributed by atoms with Gasteiger partial charge in [0.15, 0.2) is 5.82 Å². The summed E-state index contributed by atoms with van der Waals surface area (Å²) in [5.41, 5.74) is 0.399. The summed E-state index contributed by atoms with van der Waals surface area (Å²) in [6.07, 6.45) is 1.62. The van der Waals surface area contributed by atoms with E-state index in [0.29, 0.717) is 38.2 Å². The normalized spacial score (nSPS) is 11.8. The van der Waals surface area contributed by atoms with Gasteiger partial charge in [-0.25, -0.2) is 0 Å². The van der Waals surface area contributed by atoms with Crippen molar-refractivity contribution >= 4 is 44.0 Å². The van der Waals surface area contributed by atoms with E-state index >= 15 is 0 Å². The number of fused-ring (bicyclic) bond motifs is 1. The van der Waals surface area contributed by atoms with Crippen LogP contribution in [-0.4, -0.2) is 19.5 Å². The van der Waals surface area contributed by atoms with E-state index in [1.807, 2.05) is 24.3 Å². The summed E-state index contributed by atoms with van der Waals surface area (Å²) in [6, 6.07) is 16.9. The van der Waals surface area contributed by atoms with Crippen LogP contribution in [0, 0.1) is 10.1 Å². The lowest BCUT2D eigenvalue weighted by Gasteiger charge is -2.02. The second kappa shape index (κ2) is 8.60. The van der Waals surface area contributed by atoms with Crippen molar-refractivity contribution < 1.29 is 14.1 Å². The number of rotatable bonds is 6. The predicted octanol–water partition coefficient (Wildman–Crippen LogP) is 4.21. The maximum absolute atomic E-state index is 12.7. The third-order valence-corrected chi connectivity index (χ3v) is 6.16. The van der Waals surface area contributed by atoms with Crippen molar-refractivity contribution in [2.24, 2.45) is 0 Å². The number of ether oxygens (including phenoxy) is 1. The van der Waals surface area contributed by atoms with Crippen LogP contribution in [0.2, 0.25) is 0 Å². The molecule has 0 saturated heterocycles. The molecule has 0 aliphatic carbocycles. The molecule has 0 fully saturated rings. The first kappa shape index (κ1) is 21.0. The third kappa shape index (κ3) is 4.41. The summed E-state index contributed by atoms with van der Waals surface area (Å²) in [6.45, 7) is 0.144. The zero-order valence-electron chi connectivity index (χ0n) is 16.7. The maximum atomic E-state index is 12.7. The van der Waals surface area contributed by atoms with E-state index in [2.05, 4.69) is 26.0 Å². The molecule has 0 atom stereocenters. The van der Waals surface area contributed by atoms with Crippen LogP contribution in [0.1, 0.15) is 11.6 Å². The molecule has 9 nitrogen and oxygen atoms in total. The van der Waals surface area contributed by atoms with Crippen molar-refractivity contribution in [1.82, 2.24) is 14.6 Å². The third-order valence-electron chi connectivity index (χ3n) is 4.67. The number of halogens is 1. The Kier molecular flexibility index (Phi) is 5.48. The summed E-state index contributed by atoms with van der Waals surface area (Å²) in [4.78, 5) is 27.9. The average molecular weight is 525 g/mol. The van der Waals surface area contributed by atoms with E-state index in [9.17, 15) is 14.9 Å². The Labute approximate surface area is 197 Å². The fourth-order valence-electron chi connectivity index (χ4n) is 3.08. The van der Waals surface area contributed by atoms with Gasteiger partial charge >= 0.3 is 0 Å². The van der Waals surface area contributed by atoms with Crippen LogP contribution in [0.5, 0.6) is 5.75 Å². The Morgan fingerprint density at radius 2 is 1.88 bits per heavy atom. The summed E-state index contributed by atoms with van der Waals surface area (Å²) in [5, 5.41) is 15.0. The highest BCUT2D eigenvalue weighted by molar-refractivity contribution is 9.10. The number of furan rings is 1. The first-order chi connectivity index (χ1) is 16.0. The van der Waals surface area contributed by atoms with E-state index in [4.69, 9.17) is 9.15 Å². The monoisotopic (exact) mass is 524 g/mol. The Bertz CT molecular complexity index is 1570. The van der Waals surface area contributed by atoms with Crippen molar-refractivity contribution in [3.8, 4) is 17.1 Å². The first-order valence-electron chi connectivity index (χ1n) is 9.59. The van der Waals surface area contributed by atoms with Crippen molar-refractivity contribution in [1.29, 1.82) is 0 Å². The molecular weight excluding hydrogens is 512 g/mol. The van der Waals surface area contributed by atoms with Gasteiger partial charge in [0.25, 0.3) is 11.2 Å². The number of nitro groups is 1. The van der Waals surface area contributed by atoms with Crippen LogP contribution in [0.3, 0.4) is 0 Å². The zero-order chi connectivity index (χ0) is 22.9. The Morgan fingerprint density at radius 1 is 1.12 bits per heavy atom. The minimum atomic E-state index is -0.458. The van der Waals surface area contributed by atoms with Crippen LogP contribution in [0.25, 0.3) is 22.4 Å². The highest BCUT2D eigenvalue weighted by atomic mass is 79.9. The van der Waals surface area contributed by atoms with Gasteiger partial charge in [-0.1, -0.05) is 27.3 Å². The maximum Gasteiger partial charge on any atom is 0.291 e. The number of nitro benzene ring substituents is 1. The predicted molar refractivity (Wildman–Crippen MR) is 125 cm³/mol. The lowest BCUT2D eigenvalue weighted by atomic mass is 10.1. The topological polar surface area (TPSA) is 113 Å². The van der Waals surface area contributed by atoms with E-state index in [1.54, 1.807) is 30.3 Å². The minimum Gasteiger partial charge on any atom is -0.486 e. The van der Waals surface area contributed by atoms with Gasteiger partial charge in [-0.3, -0.25) is 14.9 Å². The molecule has 3 aromatic heterocycles. The SMILES string of the molecule is O=c1c(=Cc2ccc(-c3ccc([N+](=O)[O-])cc3)o2)sc2nc(COc3ccc(Br)cc3)nn12. The average Bonchev–Trinajstić information content (AvgIpc) is 3.51. The molecule has 5 aromatic rings. The van der Waals surface area contributed by atoms with Gasteiger partial charge in [-0.05, 0) is 48.5 Å². The molecule has 0 unspecified atom stereocenters. The molecule has 33 heavy (non-hydrogen) atoms. The van der Waals surface area contributed by atoms with Crippen molar-refractivity contribution in [2.45, 2.75) is 6.61 Å². The van der Waals surface area contributed by atoms with Gasteiger partial charge in [0.2, 0.25) is 4.96 Å². The molecule has 0 aliphatic rings. The van der Waals surface area contributed by atoms with E-state index in [0.717, 1.165) is 4.47 Å². The van der Waals surface area contributed by atoms with Crippen molar-refractivity contribution in [2.75, 3.05) is 0 Å². The van der Waals surface area contributed by atoms with Gasteiger partial charge in [-0.2, -0.15) is 9.50 Å². The smallest absolute Gasteiger partial charge is 0.291 e. The second-order valence-electron chi connectivity index (χ2n) is 6.89. The number of non-ortho nitro benzene ring substituents is 1. The van der Waals surface area contributed by atoms with Crippen molar-refractivity contribution in [3.63, 3.8) is 0 Å². The van der Waals surface area contributed by atoms with E-state index < -0.39 is 4.92 Å². The first-order valence-corrected chi connectivity index (χ1v) is 11.2. The molecule has 0 N–H and O–H groups in total. The Balaban J connectivity index is 1.35. The Morgan fingerprint density at radius 3 is 2.58 bits per heavy atom. The lowest BCUT2D eigenvalue weighted by molar-refractivity contribution is -0.384. The molecule has 0 spiro atoms. The van der Waals surface area contributed by atoms with Crippen molar-refractivity contribution in [3.05, 3.63) is 102 Å². The highest BCUT2D eigenvalue weighted by Crippen LogP contribution is 2.25. The molecule has 0 saturated carbocycles. The number of aromatic nitrogens is 3. The standard InChI is InChI=1S/C22H13BrN4O5S/c23-14-3-7-16(8-4-14)31-12-20-24-22-26(25-20)21(28)19(33-22)11-17-9-10-18(32-17)13-1-5-15(6-2-13)27(29)30/h1-11H,12H2. The fraction of sp³-hybridized carbons (Fsp3) is 0.0455. The highest BCUT2D eigenvalue weighted by Gasteiger charge is 2.12. The number of benzene rings is 2. The molecule has 2 aromatic carbocycles. The zero-order valence-corrected chi connectivity index (χ0v) is 19.1. The second-order valence-corrected chi connectivity index (χ2v) is 8.81. The Hall–Kier alpha value is -3.83. The van der Waals surface area contributed by atoms with Crippen LogP contribution >= 0.6 is 27.3 Å². The largest absolute Gasteiger partial charge is 0.486 e. The molecule has 0 aliphatic heterocycles. The molecule has 0 bridgehead atoms. The van der Waals surface area contributed by atoms with Gasteiger partial charge in [0, 0.05) is 28.2 Å². The van der Waals surface area contributed by atoms with E-state index in [-0.39, 0.29) is 17.9 Å². The van der Waals surface area contributed by atoms with Crippen LogP contribution in [-0.2, 0) is 6.61 Å². The summed E-state index contributed by atoms with van der Waals surface area (Å²) < 4.78 is 14.1. The van der Waals surface area contributed by atoms with E-state index in [1.165, 1.54) is 28.0 Å². The lowest BCUT2D eigenvalue weighted by Crippen LogP contribution is -2.23. The fourth-order valence-corrected chi connectivity index (χ4v) is 4.25. The quantitative estimate of drug-likeness (QED) is 0.241. The van der Waals surface area contributed by atoms with Crippen LogP contribution in [0.15, 0.2) is 74.3 Å².